The zero-order chi connectivity index (χ0) is 22.4. The van der Waals surface area contributed by atoms with E-state index in [0.29, 0.717) is 5.02 Å². The van der Waals surface area contributed by atoms with Gasteiger partial charge in [-0.3, -0.25) is 4.79 Å². The van der Waals surface area contributed by atoms with E-state index in [1.165, 1.54) is 42.5 Å². The molecular formula is C22H19Cl2FN2O3S. The summed E-state index contributed by atoms with van der Waals surface area (Å²) < 4.78 is 41.7. The first kappa shape index (κ1) is 23.2. The van der Waals surface area contributed by atoms with Crippen LogP contribution >= 0.6 is 23.2 Å². The van der Waals surface area contributed by atoms with Crippen molar-refractivity contribution >= 4 is 39.1 Å². The Morgan fingerprint density at radius 3 is 2.26 bits per heavy atom. The number of amides is 1. The molecule has 5 nitrogen and oxygen atoms in total. The topological polar surface area (TPSA) is 66.5 Å². The summed E-state index contributed by atoms with van der Waals surface area (Å²) in [4.78, 5) is 12.5. The van der Waals surface area contributed by atoms with E-state index in [2.05, 4.69) is 5.32 Å². The lowest BCUT2D eigenvalue weighted by Gasteiger charge is -2.23. The van der Waals surface area contributed by atoms with Crippen LogP contribution in [0.2, 0.25) is 10.0 Å². The molecule has 0 spiro atoms. The molecule has 3 aromatic rings. The van der Waals surface area contributed by atoms with E-state index in [1.54, 1.807) is 0 Å². The maximum atomic E-state index is 14.3. The van der Waals surface area contributed by atoms with Crippen molar-refractivity contribution in [3.8, 4) is 0 Å². The van der Waals surface area contributed by atoms with Crippen LogP contribution in [0.15, 0.2) is 77.7 Å². The molecule has 0 heterocycles. The molecule has 0 bridgehead atoms. The number of hydrogen-bond acceptors (Lipinski definition) is 3. The summed E-state index contributed by atoms with van der Waals surface area (Å²) >= 11 is 11.9. The number of nitrogens with zero attached hydrogens (tertiary/aromatic N) is 1. The molecule has 3 aromatic carbocycles. The monoisotopic (exact) mass is 480 g/mol. The third-order valence-corrected chi connectivity index (χ3v) is 6.91. The Morgan fingerprint density at radius 2 is 1.61 bits per heavy atom. The quantitative estimate of drug-likeness (QED) is 0.510. The fraction of sp³-hybridized carbons (Fsp3) is 0.136. The zero-order valence-corrected chi connectivity index (χ0v) is 18.6. The molecule has 1 N–H and O–H groups in total. The zero-order valence-electron chi connectivity index (χ0n) is 16.3. The molecule has 0 aliphatic heterocycles. The molecular weight excluding hydrogens is 462 g/mol. The Labute approximate surface area is 190 Å². The third-order valence-electron chi connectivity index (χ3n) is 4.50. The lowest BCUT2D eigenvalue weighted by Crippen LogP contribution is -2.40. The first-order chi connectivity index (χ1) is 14.8. The van der Waals surface area contributed by atoms with E-state index >= 15 is 0 Å². The fourth-order valence-electron chi connectivity index (χ4n) is 2.85. The number of carbonyl (C=O) groups is 1. The molecule has 0 fully saturated rings. The standard InChI is InChI=1S/C22H19Cl2FN2O3S/c23-17-9-11-18(12-10-17)31(29,30)27(14-19-20(24)7-4-8-21(19)25)15-22(28)26-13-16-5-2-1-3-6-16/h1-12H,13-15H2,(H,26,28). The summed E-state index contributed by atoms with van der Waals surface area (Å²) in [5.41, 5.74) is 0.845. The smallest absolute Gasteiger partial charge is 0.243 e. The van der Waals surface area contributed by atoms with Crippen LogP contribution in [0.25, 0.3) is 0 Å². The van der Waals surface area contributed by atoms with Crippen LogP contribution in [-0.4, -0.2) is 25.2 Å². The Hall–Kier alpha value is -2.45. The van der Waals surface area contributed by atoms with E-state index in [4.69, 9.17) is 23.2 Å². The van der Waals surface area contributed by atoms with Crippen LogP contribution < -0.4 is 5.32 Å². The van der Waals surface area contributed by atoms with Gasteiger partial charge in [0.1, 0.15) is 5.82 Å². The average molecular weight is 481 g/mol. The number of sulfonamides is 1. The van der Waals surface area contributed by atoms with Crippen LogP contribution in [0.5, 0.6) is 0 Å². The molecule has 1 amide bonds. The van der Waals surface area contributed by atoms with Crippen LogP contribution in [0.4, 0.5) is 4.39 Å². The maximum absolute atomic E-state index is 14.3. The van der Waals surface area contributed by atoms with Crippen molar-refractivity contribution in [2.75, 3.05) is 6.54 Å². The van der Waals surface area contributed by atoms with Gasteiger partial charge in [0.25, 0.3) is 0 Å². The highest BCUT2D eigenvalue weighted by Crippen LogP contribution is 2.25. The predicted molar refractivity (Wildman–Crippen MR) is 119 cm³/mol. The van der Waals surface area contributed by atoms with E-state index in [1.807, 2.05) is 30.3 Å². The molecule has 0 saturated carbocycles. The number of nitrogens with one attached hydrogen (secondary N) is 1. The highest BCUT2D eigenvalue weighted by atomic mass is 35.5. The second-order valence-electron chi connectivity index (χ2n) is 6.69. The lowest BCUT2D eigenvalue weighted by atomic mass is 10.2. The molecule has 9 heteroatoms. The highest BCUT2D eigenvalue weighted by Gasteiger charge is 2.28. The number of benzene rings is 3. The van der Waals surface area contributed by atoms with Gasteiger partial charge in [-0.25, -0.2) is 12.8 Å². The van der Waals surface area contributed by atoms with Crippen LogP contribution in [0.3, 0.4) is 0 Å². The molecule has 0 aliphatic rings. The van der Waals surface area contributed by atoms with Gasteiger partial charge < -0.3 is 5.32 Å². The van der Waals surface area contributed by atoms with E-state index in [0.717, 1.165) is 9.87 Å². The van der Waals surface area contributed by atoms with Gasteiger partial charge in [0.2, 0.25) is 15.9 Å². The Kier molecular flexibility index (Phi) is 7.67. The first-order valence-electron chi connectivity index (χ1n) is 9.26. The van der Waals surface area contributed by atoms with Gasteiger partial charge in [-0.15, -0.1) is 0 Å². The third kappa shape index (κ3) is 6.04. The van der Waals surface area contributed by atoms with Gasteiger partial charge in [-0.05, 0) is 42.0 Å². The normalized spacial score (nSPS) is 11.5. The van der Waals surface area contributed by atoms with Crippen molar-refractivity contribution in [2.24, 2.45) is 0 Å². The Morgan fingerprint density at radius 1 is 0.935 bits per heavy atom. The van der Waals surface area contributed by atoms with Crippen molar-refractivity contribution in [1.82, 2.24) is 9.62 Å². The molecule has 31 heavy (non-hydrogen) atoms. The summed E-state index contributed by atoms with van der Waals surface area (Å²) in [5, 5.41) is 3.12. The molecule has 0 atom stereocenters. The van der Waals surface area contributed by atoms with Gasteiger partial charge in [0.05, 0.1) is 11.4 Å². The van der Waals surface area contributed by atoms with Gasteiger partial charge in [0.15, 0.2) is 0 Å². The van der Waals surface area contributed by atoms with Crippen LogP contribution in [0.1, 0.15) is 11.1 Å². The number of carbonyl (C=O) groups excluding carboxylic acids is 1. The number of hydrogen-bond donors (Lipinski definition) is 1. The molecule has 162 valence electrons. The summed E-state index contributed by atoms with van der Waals surface area (Å²) in [6, 6.07) is 18.8. The summed E-state index contributed by atoms with van der Waals surface area (Å²) in [5.74, 6) is -1.19. The van der Waals surface area contributed by atoms with Crippen molar-refractivity contribution in [3.63, 3.8) is 0 Å². The summed E-state index contributed by atoms with van der Waals surface area (Å²) in [6.07, 6.45) is 0. The summed E-state index contributed by atoms with van der Waals surface area (Å²) in [7, 11) is -4.14. The molecule has 0 aliphatic carbocycles. The van der Waals surface area contributed by atoms with Crippen LogP contribution in [-0.2, 0) is 27.9 Å². The molecule has 0 unspecified atom stereocenters. The highest BCUT2D eigenvalue weighted by molar-refractivity contribution is 7.89. The second-order valence-corrected chi connectivity index (χ2v) is 9.47. The largest absolute Gasteiger partial charge is 0.351 e. The van der Waals surface area contributed by atoms with E-state index in [9.17, 15) is 17.6 Å². The van der Waals surface area contributed by atoms with Crippen LogP contribution in [0, 0.1) is 5.82 Å². The van der Waals surface area contributed by atoms with E-state index < -0.39 is 34.8 Å². The maximum Gasteiger partial charge on any atom is 0.243 e. The Bertz CT molecular complexity index is 1140. The average Bonchev–Trinajstić information content (AvgIpc) is 2.75. The SMILES string of the molecule is O=C(CN(Cc1c(F)cccc1Cl)S(=O)(=O)c1ccc(Cl)cc1)NCc1ccccc1. The van der Waals surface area contributed by atoms with Gasteiger partial charge in [-0.2, -0.15) is 4.31 Å². The van der Waals surface area contributed by atoms with E-state index in [-0.39, 0.29) is 22.0 Å². The summed E-state index contributed by atoms with van der Waals surface area (Å²) in [6.45, 7) is -0.688. The fourth-order valence-corrected chi connectivity index (χ4v) is 4.57. The van der Waals surface area contributed by atoms with Crippen molar-refractivity contribution in [1.29, 1.82) is 0 Å². The minimum atomic E-state index is -4.14. The predicted octanol–water partition coefficient (Wildman–Crippen LogP) is 4.64. The second kappa shape index (κ2) is 10.2. The van der Waals surface area contributed by atoms with Gasteiger partial charge in [0, 0.05) is 28.7 Å². The lowest BCUT2D eigenvalue weighted by molar-refractivity contribution is -0.121. The van der Waals surface area contributed by atoms with Gasteiger partial charge in [-0.1, -0.05) is 59.6 Å². The minimum Gasteiger partial charge on any atom is -0.351 e. The first-order valence-corrected chi connectivity index (χ1v) is 11.5. The minimum absolute atomic E-state index is 0.0161. The van der Waals surface area contributed by atoms with Crippen molar-refractivity contribution < 1.29 is 17.6 Å². The number of halogens is 3. The molecule has 0 radical (unpaired) electrons. The number of rotatable bonds is 8. The van der Waals surface area contributed by atoms with Gasteiger partial charge >= 0.3 is 0 Å². The Balaban J connectivity index is 1.86. The van der Waals surface area contributed by atoms with Crippen molar-refractivity contribution in [2.45, 2.75) is 18.0 Å². The van der Waals surface area contributed by atoms with Crippen molar-refractivity contribution in [3.05, 3.63) is 99.8 Å². The molecule has 3 rings (SSSR count). The molecule has 0 saturated heterocycles. The molecule has 0 aromatic heterocycles.